The topological polar surface area (TPSA) is 12.5 Å². The van der Waals surface area contributed by atoms with Crippen molar-refractivity contribution in [2.75, 3.05) is 7.05 Å². The minimum atomic E-state index is -0.185. The molecule has 1 aliphatic heterocycles. The van der Waals surface area contributed by atoms with Gasteiger partial charge in [0, 0.05) is 18.8 Å². The van der Waals surface area contributed by atoms with Crippen LogP contribution in [0.1, 0.15) is 52.2 Å². The van der Waals surface area contributed by atoms with Gasteiger partial charge < -0.3 is 9.64 Å². The van der Waals surface area contributed by atoms with Gasteiger partial charge in [0.1, 0.15) is 11.4 Å². The van der Waals surface area contributed by atoms with E-state index in [-0.39, 0.29) is 11.0 Å². The molecule has 0 radical (unpaired) electrons. The molecule has 26 heavy (non-hydrogen) atoms. The van der Waals surface area contributed by atoms with E-state index in [1.165, 1.54) is 16.8 Å². The molecule has 1 saturated heterocycles. The Morgan fingerprint density at radius 2 is 1.58 bits per heavy atom. The fraction of sp³-hybridized carbons (Fsp3) is 0.417. The standard InChI is InChI=1S/C24H31NO/c1-7-22-24(17-18(2)25(22)6,19-11-9-8-10-12-19)20-13-15-21(16-14-20)26-23(3,4)5/h7-16,18H,17H2,1-6H3/b22-7-. The first kappa shape index (κ1) is 18.6. The van der Waals surface area contributed by atoms with Crippen LogP contribution in [-0.2, 0) is 5.41 Å². The van der Waals surface area contributed by atoms with Crippen molar-refractivity contribution < 1.29 is 4.74 Å². The SMILES string of the molecule is C/C=C1\N(C)C(C)CC1(c1ccccc1)c1ccc(OC(C)(C)C)cc1. The predicted molar refractivity (Wildman–Crippen MR) is 110 cm³/mol. The van der Waals surface area contributed by atoms with Crippen LogP contribution in [0.4, 0.5) is 0 Å². The Kier molecular flexibility index (Phi) is 4.88. The van der Waals surface area contributed by atoms with Crippen molar-refractivity contribution in [3.8, 4) is 5.75 Å². The first-order valence-corrected chi connectivity index (χ1v) is 9.52. The molecule has 0 spiro atoms. The Hall–Kier alpha value is -2.22. The molecule has 2 atom stereocenters. The molecule has 0 N–H and O–H groups in total. The molecular formula is C24H31NO. The van der Waals surface area contributed by atoms with Crippen LogP contribution in [0.25, 0.3) is 0 Å². The van der Waals surface area contributed by atoms with E-state index in [2.05, 4.69) is 107 Å². The van der Waals surface area contributed by atoms with Gasteiger partial charge in [-0.15, -0.1) is 0 Å². The van der Waals surface area contributed by atoms with Crippen molar-refractivity contribution in [2.45, 2.75) is 58.1 Å². The van der Waals surface area contributed by atoms with Gasteiger partial charge in [-0.2, -0.15) is 0 Å². The molecule has 2 unspecified atom stereocenters. The zero-order valence-electron chi connectivity index (χ0n) is 16.9. The lowest BCUT2D eigenvalue weighted by molar-refractivity contribution is 0.131. The third-order valence-electron chi connectivity index (χ3n) is 5.39. The number of hydrogen-bond acceptors (Lipinski definition) is 2. The Balaban J connectivity index is 2.11. The quantitative estimate of drug-likeness (QED) is 0.696. The van der Waals surface area contributed by atoms with Crippen LogP contribution in [-0.4, -0.2) is 23.6 Å². The highest BCUT2D eigenvalue weighted by molar-refractivity contribution is 5.51. The molecule has 0 aromatic heterocycles. The van der Waals surface area contributed by atoms with Gasteiger partial charge in [0.25, 0.3) is 0 Å². The van der Waals surface area contributed by atoms with Crippen LogP contribution in [0.15, 0.2) is 66.4 Å². The second-order valence-electron chi connectivity index (χ2n) is 8.35. The molecule has 2 aromatic carbocycles. The lowest BCUT2D eigenvalue weighted by Gasteiger charge is -2.33. The first-order chi connectivity index (χ1) is 12.3. The van der Waals surface area contributed by atoms with Crippen LogP contribution in [0.3, 0.4) is 0 Å². The summed E-state index contributed by atoms with van der Waals surface area (Å²) in [6.07, 6.45) is 3.35. The number of ether oxygens (including phenoxy) is 1. The molecule has 1 aliphatic rings. The summed E-state index contributed by atoms with van der Waals surface area (Å²) < 4.78 is 6.03. The normalized spacial score (nSPS) is 24.9. The summed E-state index contributed by atoms with van der Waals surface area (Å²) in [6, 6.07) is 20.1. The zero-order valence-corrected chi connectivity index (χ0v) is 16.9. The van der Waals surface area contributed by atoms with Crippen molar-refractivity contribution >= 4 is 0 Å². The highest BCUT2D eigenvalue weighted by Crippen LogP contribution is 2.50. The summed E-state index contributed by atoms with van der Waals surface area (Å²) in [5.74, 6) is 0.922. The van der Waals surface area contributed by atoms with E-state index in [1.54, 1.807) is 0 Å². The number of likely N-dealkylation sites (N-methyl/N-ethyl adjacent to an activating group) is 1. The highest BCUT2D eigenvalue weighted by atomic mass is 16.5. The minimum absolute atomic E-state index is 0.107. The van der Waals surface area contributed by atoms with E-state index in [0.717, 1.165) is 12.2 Å². The third-order valence-corrected chi connectivity index (χ3v) is 5.39. The first-order valence-electron chi connectivity index (χ1n) is 9.52. The highest BCUT2D eigenvalue weighted by Gasteiger charge is 2.47. The van der Waals surface area contributed by atoms with Crippen LogP contribution in [0, 0.1) is 0 Å². The van der Waals surface area contributed by atoms with Crippen LogP contribution in [0.2, 0.25) is 0 Å². The van der Waals surface area contributed by atoms with E-state index in [9.17, 15) is 0 Å². The summed E-state index contributed by atoms with van der Waals surface area (Å²) in [5.41, 5.74) is 3.77. The Morgan fingerprint density at radius 3 is 2.12 bits per heavy atom. The van der Waals surface area contributed by atoms with E-state index < -0.39 is 0 Å². The van der Waals surface area contributed by atoms with Crippen molar-refractivity contribution in [1.29, 1.82) is 0 Å². The molecule has 0 bridgehead atoms. The lowest BCUT2D eigenvalue weighted by Crippen LogP contribution is -2.29. The molecule has 2 heteroatoms. The fourth-order valence-corrected chi connectivity index (χ4v) is 4.25. The lowest BCUT2D eigenvalue weighted by atomic mass is 9.70. The summed E-state index contributed by atoms with van der Waals surface area (Å²) >= 11 is 0. The molecule has 0 aliphatic carbocycles. The molecule has 138 valence electrons. The number of benzene rings is 2. The Morgan fingerprint density at radius 1 is 1.00 bits per heavy atom. The molecule has 0 amide bonds. The molecule has 1 fully saturated rings. The van der Waals surface area contributed by atoms with Crippen LogP contribution >= 0.6 is 0 Å². The number of rotatable bonds is 3. The second kappa shape index (κ2) is 6.83. The van der Waals surface area contributed by atoms with Crippen molar-refractivity contribution in [3.05, 3.63) is 77.5 Å². The van der Waals surface area contributed by atoms with E-state index in [4.69, 9.17) is 4.74 Å². The number of allylic oxidation sites excluding steroid dienone is 2. The van der Waals surface area contributed by atoms with Gasteiger partial charge in [0.05, 0.1) is 5.41 Å². The van der Waals surface area contributed by atoms with E-state index in [1.807, 2.05) is 0 Å². The predicted octanol–water partition coefficient (Wildman–Crippen LogP) is 5.78. The third kappa shape index (κ3) is 3.25. The largest absolute Gasteiger partial charge is 0.488 e. The van der Waals surface area contributed by atoms with Gasteiger partial charge in [-0.1, -0.05) is 48.5 Å². The summed E-state index contributed by atoms with van der Waals surface area (Å²) in [4.78, 5) is 2.42. The maximum atomic E-state index is 6.03. The fourth-order valence-electron chi connectivity index (χ4n) is 4.25. The molecule has 2 aromatic rings. The number of hydrogen-bond donors (Lipinski definition) is 0. The molecule has 3 rings (SSSR count). The number of likely N-dealkylation sites (tertiary alicyclic amines) is 1. The summed E-state index contributed by atoms with van der Waals surface area (Å²) in [6.45, 7) is 10.7. The maximum absolute atomic E-state index is 6.03. The van der Waals surface area contributed by atoms with Crippen molar-refractivity contribution in [1.82, 2.24) is 4.90 Å². The van der Waals surface area contributed by atoms with E-state index in [0.29, 0.717) is 6.04 Å². The molecular weight excluding hydrogens is 318 g/mol. The average molecular weight is 350 g/mol. The number of nitrogens with zero attached hydrogens (tertiary/aromatic N) is 1. The monoisotopic (exact) mass is 349 g/mol. The van der Waals surface area contributed by atoms with Gasteiger partial charge in [0.15, 0.2) is 0 Å². The molecule has 2 nitrogen and oxygen atoms in total. The summed E-state index contributed by atoms with van der Waals surface area (Å²) in [7, 11) is 2.21. The second-order valence-corrected chi connectivity index (χ2v) is 8.35. The summed E-state index contributed by atoms with van der Waals surface area (Å²) in [5, 5.41) is 0. The zero-order chi connectivity index (χ0) is 18.9. The van der Waals surface area contributed by atoms with Crippen molar-refractivity contribution in [2.24, 2.45) is 0 Å². The van der Waals surface area contributed by atoms with E-state index >= 15 is 0 Å². The van der Waals surface area contributed by atoms with Crippen LogP contribution in [0.5, 0.6) is 5.75 Å². The van der Waals surface area contributed by atoms with Gasteiger partial charge in [-0.3, -0.25) is 0 Å². The van der Waals surface area contributed by atoms with Gasteiger partial charge >= 0.3 is 0 Å². The maximum Gasteiger partial charge on any atom is 0.120 e. The van der Waals surface area contributed by atoms with Gasteiger partial charge in [-0.05, 0) is 64.3 Å². The van der Waals surface area contributed by atoms with Gasteiger partial charge in [-0.25, -0.2) is 0 Å². The molecule has 1 heterocycles. The Labute approximate surface area is 158 Å². The smallest absolute Gasteiger partial charge is 0.120 e. The van der Waals surface area contributed by atoms with Crippen LogP contribution < -0.4 is 4.74 Å². The van der Waals surface area contributed by atoms with Crippen molar-refractivity contribution in [3.63, 3.8) is 0 Å². The van der Waals surface area contributed by atoms with Gasteiger partial charge in [0.2, 0.25) is 0 Å². The average Bonchev–Trinajstić information content (AvgIpc) is 2.86. The Bertz CT molecular complexity index is 770. The minimum Gasteiger partial charge on any atom is -0.488 e. The molecule has 0 saturated carbocycles.